The molecule has 1 nitrogen and oxygen atoms in total. The fourth-order valence-electron chi connectivity index (χ4n) is 2.25. The topological polar surface area (TPSA) is 26.0 Å². The Morgan fingerprint density at radius 2 is 2.33 bits per heavy atom. The van der Waals surface area contributed by atoms with Crippen molar-refractivity contribution in [3.8, 4) is 0 Å². The molecule has 2 fully saturated rings. The highest BCUT2D eigenvalue weighted by Crippen LogP contribution is 2.50. The lowest BCUT2D eigenvalue weighted by molar-refractivity contribution is 0.325. The third-order valence-corrected chi connectivity index (χ3v) is 2.85. The SMILES string of the molecule is N/C=C1\C[C@@H]2CCC[C@H]12. The molecular weight excluding hydrogens is 110 g/mol. The molecule has 50 valence electrons. The number of rotatable bonds is 0. The molecule has 0 radical (unpaired) electrons. The second-order valence-electron chi connectivity index (χ2n) is 3.24. The first kappa shape index (κ1) is 5.33. The molecule has 2 rings (SSSR count). The van der Waals surface area contributed by atoms with Crippen molar-refractivity contribution < 1.29 is 0 Å². The minimum Gasteiger partial charge on any atom is -0.405 e. The van der Waals surface area contributed by atoms with Gasteiger partial charge in [-0.05, 0) is 37.3 Å². The summed E-state index contributed by atoms with van der Waals surface area (Å²) in [6.45, 7) is 0. The monoisotopic (exact) mass is 123 g/mol. The second kappa shape index (κ2) is 1.76. The lowest BCUT2D eigenvalue weighted by Crippen LogP contribution is -2.24. The highest BCUT2D eigenvalue weighted by Gasteiger charge is 2.38. The van der Waals surface area contributed by atoms with Crippen molar-refractivity contribution in [3.63, 3.8) is 0 Å². The zero-order valence-corrected chi connectivity index (χ0v) is 5.64. The molecule has 1 heteroatoms. The van der Waals surface area contributed by atoms with Crippen molar-refractivity contribution >= 4 is 0 Å². The molecular formula is C8H13N. The van der Waals surface area contributed by atoms with E-state index in [1.165, 1.54) is 31.3 Å². The number of hydrogen-bond donors (Lipinski definition) is 1. The van der Waals surface area contributed by atoms with Crippen molar-refractivity contribution in [1.29, 1.82) is 0 Å². The van der Waals surface area contributed by atoms with Crippen LogP contribution in [-0.2, 0) is 0 Å². The fourth-order valence-corrected chi connectivity index (χ4v) is 2.25. The summed E-state index contributed by atoms with van der Waals surface area (Å²) in [6, 6.07) is 0. The van der Waals surface area contributed by atoms with Gasteiger partial charge >= 0.3 is 0 Å². The highest BCUT2D eigenvalue weighted by atomic mass is 14.5. The van der Waals surface area contributed by atoms with Crippen LogP contribution in [0.25, 0.3) is 0 Å². The van der Waals surface area contributed by atoms with Crippen LogP contribution in [0.1, 0.15) is 25.7 Å². The van der Waals surface area contributed by atoms with Crippen LogP contribution in [0.4, 0.5) is 0 Å². The molecule has 2 aliphatic carbocycles. The molecule has 0 aliphatic heterocycles. The Morgan fingerprint density at radius 1 is 1.44 bits per heavy atom. The number of allylic oxidation sites excluding steroid dienone is 1. The van der Waals surface area contributed by atoms with Crippen LogP contribution < -0.4 is 5.73 Å². The van der Waals surface area contributed by atoms with Crippen LogP contribution in [0.3, 0.4) is 0 Å². The summed E-state index contributed by atoms with van der Waals surface area (Å²) in [5.74, 6) is 1.94. The molecule has 0 unspecified atom stereocenters. The molecule has 0 aromatic heterocycles. The first-order valence-corrected chi connectivity index (χ1v) is 3.82. The van der Waals surface area contributed by atoms with Gasteiger partial charge in [0.1, 0.15) is 0 Å². The van der Waals surface area contributed by atoms with Gasteiger partial charge in [0.05, 0.1) is 0 Å². The van der Waals surface area contributed by atoms with Gasteiger partial charge in [-0.15, -0.1) is 0 Å². The van der Waals surface area contributed by atoms with Gasteiger partial charge in [0.2, 0.25) is 0 Å². The van der Waals surface area contributed by atoms with Gasteiger partial charge in [0.25, 0.3) is 0 Å². The maximum absolute atomic E-state index is 5.43. The molecule has 0 spiro atoms. The van der Waals surface area contributed by atoms with Crippen LogP contribution in [0, 0.1) is 11.8 Å². The van der Waals surface area contributed by atoms with E-state index in [4.69, 9.17) is 5.73 Å². The van der Waals surface area contributed by atoms with Crippen molar-refractivity contribution in [2.75, 3.05) is 0 Å². The van der Waals surface area contributed by atoms with Gasteiger partial charge in [0, 0.05) is 0 Å². The lowest BCUT2D eigenvalue weighted by Gasteiger charge is -2.33. The van der Waals surface area contributed by atoms with E-state index in [2.05, 4.69) is 0 Å². The molecule has 9 heavy (non-hydrogen) atoms. The fraction of sp³-hybridized carbons (Fsp3) is 0.750. The second-order valence-corrected chi connectivity index (χ2v) is 3.24. The lowest BCUT2D eigenvalue weighted by atomic mass is 9.72. The molecule has 2 aliphatic rings. The molecule has 0 bridgehead atoms. The Hall–Kier alpha value is -0.460. The Kier molecular flexibility index (Phi) is 1.04. The van der Waals surface area contributed by atoms with E-state index in [0.29, 0.717) is 0 Å². The van der Waals surface area contributed by atoms with Crippen LogP contribution >= 0.6 is 0 Å². The summed E-state index contributed by atoms with van der Waals surface area (Å²) in [6.07, 6.45) is 7.44. The molecule has 2 atom stereocenters. The Morgan fingerprint density at radius 3 is 3.00 bits per heavy atom. The third-order valence-electron chi connectivity index (χ3n) is 2.85. The molecule has 0 saturated heterocycles. The van der Waals surface area contributed by atoms with Gasteiger partial charge in [-0.25, -0.2) is 0 Å². The van der Waals surface area contributed by atoms with E-state index in [0.717, 1.165) is 11.8 Å². The quantitative estimate of drug-likeness (QED) is 0.520. The summed E-state index contributed by atoms with van der Waals surface area (Å²) >= 11 is 0. The minimum atomic E-state index is 0.912. The molecule has 0 amide bonds. The number of fused-ring (bicyclic) bond motifs is 1. The zero-order chi connectivity index (χ0) is 6.27. The standard InChI is InChI=1S/C8H13N/c9-5-7-4-6-2-1-3-8(6)7/h5-6,8H,1-4,9H2/b7-5+/t6-,8-/m0/s1. The Bertz CT molecular complexity index is 149. The summed E-state index contributed by atoms with van der Waals surface area (Å²) in [7, 11) is 0. The molecule has 0 heterocycles. The van der Waals surface area contributed by atoms with Gasteiger partial charge in [0.15, 0.2) is 0 Å². The largest absolute Gasteiger partial charge is 0.405 e. The van der Waals surface area contributed by atoms with E-state index in [1.54, 1.807) is 0 Å². The van der Waals surface area contributed by atoms with Gasteiger partial charge < -0.3 is 5.73 Å². The summed E-state index contributed by atoms with van der Waals surface area (Å²) in [5, 5.41) is 0. The number of nitrogens with two attached hydrogens (primary N) is 1. The Balaban J connectivity index is 2.09. The summed E-state index contributed by atoms with van der Waals surface area (Å²) < 4.78 is 0. The third kappa shape index (κ3) is 0.606. The van der Waals surface area contributed by atoms with Gasteiger partial charge in [-0.2, -0.15) is 0 Å². The van der Waals surface area contributed by atoms with Crippen molar-refractivity contribution in [2.45, 2.75) is 25.7 Å². The highest BCUT2D eigenvalue weighted by molar-refractivity contribution is 5.19. The molecule has 2 N–H and O–H groups in total. The van der Waals surface area contributed by atoms with E-state index in [-0.39, 0.29) is 0 Å². The van der Waals surface area contributed by atoms with Crippen LogP contribution in [0.5, 0.6) is 0 Å². The van der Waals surface area contributed by atoms with E-state index in [1.807, 2.05) is 6.20 Å². The summed E-state index contributed by atoms with van der Waals surface area (Å²) in [4.78, 5) is 0. The predicted molar refractivity (Wildman–Crippen MR) is 37.7 cm³/mol. The van der Waals surface area contributed by atoms with Crippen molar-refractivity contribution in [2.24, 2.45) is 17.6 Å². The van der Waals surface area contributed by atoms with E-state index in [9.17, 15) is 0 Å². The van der Waals surface area contributed by atoms with Gasteiger partial charge in [-0.3, -0.25) is 0 Å². The molecule has 0 aromatic rings. The maximum Gasteiger partial charge on any atom is -0.00674 e. The van der Waals surface area contributed by atoms with Crippen molar-refractivity contribution in [1.82, 2.24) is 0 Å². The summed E-state index contributed by atoms with van der Waals surface area (Å²) in [5.41, 5.74) is 6.95. The first-order chi connectivity index (χ1) is 4.42. The van der Waals surface area contributed by atoms with Crippen LogP contribution in [-0.4, -0.2) is 0 Å². The zero-order valence-electron chi connectivity index (χ0n) is 5.64. The molecule has 0 aromatic carbocycles. The van der Waals surface area contributed by atoms with E-state index < -0.39 is 0 Å². The van der Waals surface area contributed by atoms with E-state index >= 15 is 0 Å². The average molecular weight is 123 g/mol. The predicted octanol–water partition coefficient (Wildman–Crippen LogP) is 1.65. The van der Waals surface area contributed by atoms with Crippen LogP contribution in [0.15, 0.2) is 11.8 Å². The smallest absolute Gasteiger partial charge is 0.00674 e. The van der Waals surface area contributed by atoms with Crippen LogP contribution in [0.2, 0.25) is 0 Å². The molecule has 2 saturated carbocycles. The van der Waals surface area contributed by atoms with Gasteiger partial charge in [-0.1, -0.05) is 12.0 Å². The first-order valence-electron chi connectivity index (χ1n) is 3.82. The average Bonchev–Trinajstić information content (AvgIpc) is 2.14. The van der Waals surface area contributed by atoms with Crippen molar-refractivity contribution in [3.05, 3.63) is 11.8 Å². The maximum atomic E-state index is 5.43. The normalized spacial score (nSPS) is 44.7. The Labute approximate surface area is 55.9 Å². The minimum absolute atomic E-state index is 0.912. The number of hydrogen-bond acceptors (Lipinski definition) is 1.